The predicted octanol–water partition coefficient (Wildman–Crippen LogP) is 4.09. The van der Waals surface area contributed by atoms with Gasteiger partial charge in [-0.15, -0.1) is 24.0 Å². The van der Waals surface area contributed by atoms with Crippen LogP contribution >= 0.6 is 35.7 Å². The average Bonchev–Trinajstić information content (AvgIpc) is 2.65. The number of guanidine groups is 1. The van der Waals surface area contributed by atoms with Crippen molar-refractivity contribution in [3.05, 3.63) is 35.1 Å². The Labute approximate surface area is 185 Å². The van der Waals surface area contributed by atoms with Crippen molar-refractivity contribution in [2.45, 2.75) is 38.5 Å². The van der Waals surface area contributed by atoms with Crippen LogP contribution in [0.2, 0.25) is 0 Å². The molecule has 0 radical (unpaired) electrons. The summed E-state index contributed by atoms with van der Waals surface area (Å²) in [5.41, 5.74) is 2.17. The van der Waals surface area contributed by atoms with E-state index in [1.807, 2.05) is 12.3 Å². The fourth-order valence-corrected chi connectivity index (χ4v) is 4.01. The normalized spacial score (nSPS) is 16.1. The van der Waals surface area contributed by atoms with Crippen LogP contribution < -0.4 is 10.6 Å². The molecule has 0 aromatic heterocycles. The summed E-state index contributed by atoms with van der Waals surface area (Å²) in [5, 5.41) is 6.83. The van der Waals surface area contributed by atoms with Crippen molar-refractivity contribution < 1.29 is 4.39 Å². The molecule has 1 aromatic carbocycles. The van der Waals surface area contributed by atoms with E-state index in [2.05, 4.69) is 27.4 Å². The Bertz CT molecular complexity index is 577. The Morgan fingerprint density at radius 2 is 2.00 bits per heavy atom. The molecule has 0 atom stereocenters. The lowest BCUT2D eigenvalue weighted by Crippen LogP contribution is -2.42. The summed E-state index contributed by atoms with van der Waals surface area (Å²) in [4.78, 5) is 6.89. The van der Waals surface area contributed by atoms with Gasteiger partial charge in [-0.1, -0.05) is 13.0 Å². The van der Waals surface area contributed by atoms with Crippen LogP contribution in [0.1, 0.15) is 37.3 Å². The summed E-state index contributed by atoms with van der Waals surface area (Å²) in [5.74, 6) is 2.17. The van der Waals surface area contributed by atoms with E-state index in [0.29, 0.717) is 12.5 Å². The van der Waals surface area contributed by atoms with Gasteiger partial charge in [-0.05, 0) is 74.3 Å². The maximum Gasteiger partial charge on any atom is 0.191 e. The molecule has 4 nitrogen and oxygen atoms in total. The Morgan fingerprint density at radius 1 is 1.26 bits per heavy atom. The van der Waals surface area contributed by atoms with Crippen LogP contribution in [0, 0.1) is 11.7 Å². The highest BCUT2D eigenvalue weighted by Crippen LogP contribution is 2.17. The van der Waals surface area contributed by atoms with Crippen molar-refractivity contribution in [2.75, 3.05) is 39.5 Å². The third kappa shape index (κ3) is 8.56. The summed E-state index contributed by atoms with van der Waals surface area (Å²) in [6.07, 6.45) is 5.77. The van der Waals surface area contributed by atoms with E-state index in [1.54, 1.807) is 24.9 Å². The van der Waals surface area contributed by atoms with Crippen molar-refractivity contribution in [3.8, 4) is 0 Å². The number of thioether (sulfide) groups is 1. The first-order valence-electron chi connectivity index (χ1n) is 9.59. The first-order valence-corrected chi connectivity index (χ1v) is 11.0. The molecule has 1 aliphatic rings. The van der Waals surface area contributed by atoms with E-state index in [9.17, 15) is 4.39 Å². The molecule has 2 N–H and O–H groups in total. The summed E-state index contributed by atoms with van der Waals surface area (Å²) >= 11 is 1.71. The number of likely N-dealkylation sites (tertiary alicyclic amines) is 1. The zero-order valence-electron chi connectivity index (χ0n) is 16.8. The van der Waals surface area contributed by atoms with Crippen molar-refractivity contribution in [1.29, 1.82) is 0 Å². The van der Waals surface area contributed by atoms with Crippen LogP contribution in [0.15, 0.2) is 23.2 Å². The van der Waals surface area contributed by atoms with Gasteiger partial charge in [-0.3, -0.25) is 4.99 Å². The Kier molecular flexibility index (Phi) is 12.3. The van der Waals surface area contributed by atoms with Crippen LogP contribution in [-0.4, -0.2) is 50.3 Å². The minimum atomic E-state index is -0.172. The van der Waals surface area contributed by atoms with Gasteiger partial charge in [0.05, 0.1) is 0 Å². The molecule has 0 saturated carbocycles. The van der Waals surface area contributed by atoms with E-state index in [-0.39, 0.29) is 29.8 Å². The number of piperidine rings is 1. The molecule has 0 amide bonds. The van der Waals surface area contributed by atoms with Gasteiger partial charge in [0.15, 0.2) is 5.96 Å². The molecule has 1 aromatic rings. The molecule has 0 bridgehead atoms. The molecule has 1 aliphatic heterocycles. The van der Waals surface area contributed by atoms with Gasteiger partial charge in [-0.2, -0.15) is 11.8 Å². The number of hydrogen-bond donors (Lipinski definition) is 2. The molecule has 0 spiro atoms. The summed E-state index contributed by atoms with van der Waals surface area (Å²) in [6, 6.07) is 5.03. The van der Waals surface area contributed by atoms with E-state index in [4.69, 9.17) is 0 Å². The highest BCUT2D eigenvalue weighted by atomic mass is 127. The standard InChI is InChI=1S/C20H33FN4S.HI/c1-4-9-25-10-7-16(8-11-25)13-23-20(22-2)24-14-17-5-6-19(21)12-18(17)15-26-3;/h5-6,12,16H,4,7-11,13-15H2,1-3H3,(H2,22,23,24);1H. The molecule has 2 rings (SSSR count). The fourth-order valence-electron chi connectivity index (χ4n) is 3.43. The number of halogens is 2. The number of hydrogen-bond acceptors (Lipinski definition) is 3. The van der Waals surface area contributed by atoms with E-state index in [1.165, 1.54) is 45.0 Å². The van der Waals surface area contributed by atoms with Gasteiger partial charge in [0, 0.05) is 25.9 Å². The minimum Gasteiger partial charge on any atom is -0.356 e. The highest BCUT2D eigenvalue weighted by Gasteiger charge is 2.18. The molecule has 0 aliphatic carbocycles. The van der Waals surface area contributed by atoms with E-state index >= 15 is 0 Å². The number of aliphatic imine (C=N–C) groups is 1. The maximum absolute atomic E-state index is 13.5. The fraction of sp³-hybridized carbons (Fsp3) is 0.650. The molecular weight excluding hydrogens is 474 g/mol. The Morgan fingerprint density at radius 3 is 2.63 bits per heavy atom. The molecule has 7 heteroatoms. The monoisotopic (exact) mass is 508 g/mol. The Balaban J connectivity index is 0.00000364. The zero-order valence-corrected chi connectivity index (χ0v) is 19.9. The molecule has 1 heterocycles. The third-order valence-electron chi connectivity index (χ3n) is 4.94. The predicted molar refractivity (Wildman–Crippen MR) is 127 cm³/mol. The number of nitrogens with zero attached hydrogens (tertiary/aromatic N) is 2. The molecule has 1 fully saturated rings. The van der Waals surface area contributed by atoms with Gasteiger partial charge >= 0.3 is 0 Å². The van der Waals surface area contributed by atoms with Crippen LogP contribution in [0.3, 0.4) is 0 Å². The first-order chi connectivity index (χ1) is 12.7. The van der Waals surface area contributed by atoms with Crippen molar-refractivity contribution in [1.82, 2.24) is 15.5 Å². The zero-order chi connectivity index (χ0) is 18.8. The highest BCUT2D eigenvalue weighted by molar-refractivity contribution is 14.0. The van der Waals surface area contributed by atoms with Gasteiger partial charge < -0.3 is 15.5 Å². The summed E-state index contributed by atoms with van der Waals surface area (Å²) in [6.45, 7) is 7.50. The smallest absolute Gasteiger partial charge is 0.191 e. The summed E-state index contributed by atoms with van der Waals surface area (Å²) < 4.78 is 13.5. The van der Waals surface area contributed by atoms with Crippen molar-refractivity contribution in [3.63, 3.8) is 0 Å². The van der Waals surface area contributed by atoms with Gasteiger partial charge in [-0.25, -0.2) is 4.39 Å². The number of nitrogens with one attached hydrogen (secondary N) is 2. The van der Waals surface area contributed by atoms with Crippen LogP contribution in [-0.2, 0) is 12.3 Å². The number of benzene rings is 1. The molecule has 0 unspecified atom stereocenters. The lowest BCUT2D eigenvalue weighted by Gasteiger charge is -2.32. The molecular formula is C20H34FIN4S. The lowest BCUT2D eigenvalue weighted by atomic mass is 9.97. The molecule has 27 heavy (non-hydrogen) atoms. The lowest BCUT2D eigenvalue weighted by molar-refractivity contribution is 0.185. The maximum atomic E-state index is 13.5. The second-order valence-electron chi connectivity index (χ2n) is 6.94. The molecule has 1 saturated heterocycles. The number of rotatable bonds is 8. The molecule has 154 valence electrons. The quantitative estimate of drug-likeness (QED) is 0.315. The van der Waals surface area contributed by atoms with Gasteiger partial charge in [0.25, 0.3) is 0 Å². The van der Waals surface area contributed by atoms with Gasteiger partial charge in [0.2, 0.25) is 0 Å². The third-order valence-corrected chi connectivity index (χ3v) is 5.54. The second-order valence-corrected chi connectivity index (χ2v) is 7.80. The summed E-state index contributed by atoms with van der Waals surface area (Å²) in [7, 11) is 1.80. The topological polar surface area (TPSA) is 39.7 Å². The average molecular weight is 508 g/mol. The Hall–Kier alpha value is -0.540. The first kappa shape index (κ1) is 24.5. The van der Waals surface area contributed by atoms with E-state index < -0.39 is 0 Å². The van der Waals surface area contributed by atoms with E-state index in [0.717, 1.165) is 29.4 Å². The SMILES string of the molecule is CCCN1CCC(CNC(=NC)NCc2ccc(F)cc2CSC)CC1.I. The largest absolute Gasteiger partial charge is 0.356 e. The van der Waals surface area contributed by atoms with Crippen LogP contribution in [0.25, 0.3) is 0 Å². The van der Waals surface area contributed by atoms with Crippen molar-refractivity contribution >= 4 is 41.7 Å². The second kappa shape index (κ2) is 13.6. The van der Waals surface area contributed by atoms with Gasteiger partial charge in [0.1, 0.15) is 5.82 Å². The van der Waals surface area contributed by atoms with Crippen LogP contribution in [0.5, 0.6) is 0 Å². The van der Waals surface area contributed by atoms with Crippen molar-refractivity contribution in [2.24, 2.45) is 10.9 Å². The minimum absolute atomic E-state index is 0. The van der Waals surface area contributed by atoms with Crippen LogP contribution in [0.4, 0.5) is 4.39 Å².